The molecule has 1 aromatic carbocycles. The van der Waals surface area contributed by atoms with Crippen molar-refractivity contribution in [3.63, 3.8) is 0 Å². The molecule has 0 saturated heterocycles. The van der Waals surface area contributed by atoms with Crippen LogP contribution in [0.4, 0.5) is 0 Å². The van der Waals surface area contributed by atoms with E-state index in [9.17, 15) is 9.59 Å². The molecule has 1 heterocycles. The largest absolute Gasteiger partial charge is 0.478 e. The third kappa shape index (κ3) is 3.85. The van der Waals surface area contributed by atoms with Crippen molar-refractivity contribution in [1.82, 2.24) is 4.90 Å². The van der Waals surface area contributed by atoms with E-state index < -0.39 is 5.97 Å². The summed E-state index contributed by atoms with van der Waals surface area (Å²) in [7, 11) is 1.71. The van der Waals surface area contributed by atoms with E-state index in [1.54, 1.807) is 36.4 Å². The van der Waals surface area contributed by atoms with Crippen LogP contribution in [0, 0.1) is 6.92 Å². The smallest absolute Gasteiger partial charge is 0.335 e. The van der Waals surface area contributed by atoms with E-state index in [1.165, 1.54) is 18.2 Å². The third-order valence-electron chi connectivity index (χ3n) is 3.33. The van der Waals surface area contributed by atoms with Gasteiger partial charge in [0.1, 0.15) is 5.76 Å². The van der Waals surface area contributed by atoms with Crippen LogP contribution in [0.15, 0.2) is 47.1 Å². The number of carboxylic acid groups (broad SMARTS) is 1. The predicted octanol–water partition coefficient (Wildman–Crippen LogP) is 2.96. The van der Waals surface area contributed by atoms with Gasteiger partial charge in [0.05, 0.1) is 11.8 Å². The van der Waals surface area contributed by atoms with Crippen molar-refractivity contribution < 1.29 is 19.1 Å². The van der Waals surface area contributed by atoms with Gasteiger partial charge in [-0.15, -0.1) is 0 Å². The molecule has 1 N–H and O–H groups in total. The van der Waals surface area contributed by atoms with Crippen molar-refractivity contribution in [3.05, 3.63) is 65.1 Å². The van der Waals surface area contributed by atoms with Crippen molar-refractivity contribution in [1.29, 1.82) is 0 Å². The Kier molecular flexibility index (Phi) is 4.78. The Labute approximate surface area is 128 Å². The molecule has 0 spiro atoms. The summed E-state index contributed by atoms with van der Waals surface area (Å²) >= 11 is 0. The fraction of sp³-hybridized carbons (Fsp3) is 0.176. The van der Waals surface area contributed by atoms with Crippen molar-refractivity contribution in [2.24, 2.45) is 0 Å². The Balaban J connectivity index is 1.98. The van der Waals surface area contributed by atoms with Crippen molar-refractivity contribution in [3.8, 4) is 0 Å². The predicted molar refractivity (Wildman–Crippen MR) is 82.4 cm³/mol. The van der Waals surface area contributed by atoms with E-state index in [4.69, 9.17) is 9.52 Å². The number of aryl methyl sites for hydroxylation is 1. The fourth-order valence-corrected chi connectivity index (χ4v) is 1.94. The first kappa shape index (κ1) is 15.6. The molecule has 5 heteroatoms. The van der Waals surface area contributed by atoms with Crippen molar-refractivity contribution in [2.45, 2.75) is 13.5 Å². The van der Waals surface area contributed by atoms with Crippen LogP contribution in [0.1, 0.15) is 27.2 Å². The molecule has 2 aromatic rings. The Hall–Kier alpha value is -2.82. The summed E-state index contributed by atoms with van der Waals surface area (Å²) in [6.07, 6.45) is 4.72. The topological polar surface area (TPSA) is 70.8 Å². The van der Waals surface area contributed by atoms with Crippen molar-refractivity contribution in [2.75, 3.05) is 7.05 Å². The summed E-state index contributed by atoms with van der Waals surface area (Å²) in [5.41, 5.74) is 1.96. The normalized spacial score (nSPS) is 10.8. The zero-order valence-electron chi connectivity index (χ0n) is 12.4. The van der Waals surface area contributed by atoms with E-state index in [-0.39, 0.29) is 11.5 Å². The molecule has 0 radical (unpaired) electrons. The number of carbonyl (C=O) groups is 2. The quantitative estimate of drug-likeness (QED) is 0.862. The van der Waals surface area contributed by atoms with Gasteiger partial charge >= 0.3 is 5.97 Å². The van der Waals surface area contributed by atoms with E-state index >= 15 is 0 Å². The molecule has 114 valence electrons. The second kappa shape index (κ2) is 6.76. The number of hydrogen-bond acceptors (Lipinski definition) is 3. The highest BCUT2D eigenvalue weighted by Gasteiger charge is 2.09. The van der Waals surface area contributed by atoms with Crippen molar-refractivity contribution >= 4 is 18.0 Å². The summed E-state index contributed by atoms with van der Waals surface area (Å²) in [5.74, 6) is -0.308. The maximum absolute atomic E-state index is 12.0. The number of furan rings is 1. The Morgan fingerprint density at radius 3 is 2.45 bits per heavy atom. The average molecular weight is 299 g/mol. The van der Waals surface area contributed by atoms with E-state index in [2.05, 4.69) is 0 Å². The molecule has 1 aromatic heterocycles. The van der Waals surface area contributed by atoms with Gasteiger partial charge < -0.3 is 14.4 Å². The van der Waals surface area contributed by atoms with E-state index in [0.717, 1.165) is 16.9 Å². The zero-order valence-corrected chi connectivity index (χ0v) is 12.4. The first-order valence-corrected chi connectivity index (χ1v) is 6.77. The maximum atomic E-state index is 12.0. The summed E-state index contributed by atoms with van der Waals surface area (Å²) in [6, 6.07) is 8.17. The van der Waals surface area contributed by atoms with Gasteiger partial charge in [0.2, 0.25) is 5.91 Å². The van der Waals surface area contributed by atoms with Gasteiger partial charge in [-0.25, -0.2) is 4.79 Å². The first-order valence-electron chi connectivity index (χ1n) is 6.77. The molecule has 0 aliphatic heterocycles. The Morgan fingerprint density at radius 1 is 1.23 bits per heavy atom. The Bertz CT molecular complexity index is 698. The molecule has 0 aliphatic rings. The number of amides is 1. The van der Waals surface area contributed by atoms with E-state index in [0.29, 0.717) is 6.54 Å². The SMILES string of the molecule is Cc1occc1CN(C)C(=O)C=Cc1ccc(C(=O)O)cc1. The minimum Gasteiger partial charge on any atom is -0.478 e. The number of rotatable bonds is 5. The molecule has 0 atom stereocenters. The molecule has 0 saturated carbocycles. The molecule has 2 rings (SSSR count). The van der Waals surface area contributed by atoms with Gasteiger partial charge in [0.25, 0.3) is 0 Å². The summed E-state index contributed by atoms with van der Waals surface area (Å²) in [4.78, 5) is 24.4. The molecule has 22 heavy (non-hydrogen) atoms. The first-order chi connectivity index (χ1) is 10.5. The number of nitrogens with zero attached hydrogens (tertiary/aromatic N) is 1. The lowest BCUT2D eigenvalue weighted by Gasteiger charge is -2.14. The highest BCUT2D eigenvalue weighted by molar-refractivity contribution is 5.92. The molecular formula is C17H17NO4. The second-order valence-corrected chi connectivity index (χ2v) is 4.96. The van der Waals surface area contributed by atoms with Gasteiger partial charge in [-0.05, 0) is 36.8 Å². The Morgan fingerprint density at radius 2 is 1.91 bits per heavy atom. The number of benzene rings is 1. The third-order valence-corrected chi connectivity index (χ3v) is 3.33. The molecule has 0 unspecified atom stereocenters. The van der Waals surface area contributed by atoms with Crippen LogP contribution < -0.4 is 0 Å². The molecule has 5 nitrogen and oxygen atoms in total. The zero-order chi connectivity index (χ0) is 16.1. The highest BCUT2D eigenvalue weighted by atomic mass is 16.4. The number of aromatic carboxylic acids is 1. The van der Waals surface area contributed by atoms with Gasteiger partial charge in [-0.1, -0.05) is 12.1 Å². The number of carbonyl (C=O) groups excluding carboxylic acids is 1. The van der Waals surface area contributed by atoms with Gasteiger partial charge in [0, 0.05) is 25.2 Å². The summed E-state index contributed by atoms with van der Waals surface area (Å²) in [6.45, 7) is 2.33. The van der Waals surface area contributed by atoms with Crippen LogP contribution in [0.2, 0.25) is 0 Å². The fourth-order valence-electron chi connectivity index (χ4n) is 1.94. The lowest BCUT2D eigenvalue weighted by Crippen LogP contribution is -2.24. The minimum atomic E-state index is -0.971. The lowest BCUT2D eigenvalue weighted by molar-refractivity contribution is -0.125. The molecule has 1 amide bonds. The maximum Gasteiger partial charge on any atom is 0.335 e. The van der Waals surface area contributed by atoms with Gasteiger partial charge in [-0.2, -0.15) is 0 Å². The highest BCUT2D eigenvalue weighted by Crippen LogP contribution is 2.12. The molecule has 0 fully saturated rings. The standard InChI is InChI=1S/C17H17NO4/c1-12-15(9-10-22-12)11-18(2)16(19)8-5-13-3-6-14(7-4-13)17(20)21/h3-10H,11H2,1-2H3,(H,20,21). The van der Waals surface area contributed by atoms with Crippen LogP contribution in [-0.4, -0.2) is 28.9 Å². The van der Waals surface area contributed by atoms with Gasteiger partial charge in [0.15, 0.2) is 0 Å². The second-order valence-electron chi connectivity index (χ2n) is 4.96. The molecular weight excluding hydrogens is 282 g/mol. The van der Waals surface area contributed by atoms with Crippen LogP contribution >= 0.6 is 0 Å². The number of likely N-dealkylation sites (N-methyl/N-ethyl adjacent to an activating group) is 1. The lowest BCUT2D eigenvalue weighted by atomic mass is 10.1. The average Bonchev–Trinajstić information content (AvgIpc) is 2.90. The number of hydrogen-bond donors (Lipinski definition) is 1. The van der Waals surface area contributed by atoms with Crippen LogP contribution in [0.3, 0.4) is 0 Å². The van der Waals surface area contributed by atoms with Gasteiger partial charge in [-0.3, -0.25) is 4.79 Å². The summed E-state index contributed by atoms with van der Waals surface area (Å²) in [5, 5.41) is 8.82. The van der Waals surface area contributed by atoms with Crippen LogP contribution in [0.25, 0.3) is 6.08 Å². The molecule has 0 aliphatic carbocycles. The monoisotopic (exact) mass is 299 g/mol. The number of carboxylic acids is 1. The minimum absolute atomic E-state index is 0.136. The molecule has 0 bridgehead atoms. The van der Waals surface area contributed by atoms with Crippen LogP contribution in [0.5, 0.6) is 0 Å². The van der Waals surface area contributed by atoms with E-state index in [1.807, 2.05) is 13.0 Å². The summed E-state index contributed by atoms with van der Waals surface area (Å²) < 4.78 is 5.20. The van der Waals surface area contributed by atoms with Crippen LogP contribution in [-0.2, 0) is 11.3 Å².